The van der Waals surface area contributed by atoms with Gasteiger partial charge in [0.15, 0.2) is 5.82 Å². The predicted molar refractivity (Wildman–Crippen MR) is 80.8 cm³/mol. The second-order valence-corrected chi connectivity index (χ2v) is 5.82. The maximum atomic E-state index is 11.1. The Morgan fingerprint density at radius 1 is 1.40 bits per heavy atom. The van der Waals surface area contributed by atoms with Crippen molar-refractivity contribution in [2.75, 3.05) is 23.7 Å². The molecule has 1 saturated heterocycles. The zero-order valence-electron chi connectivity index (χ0n) is 12.8. The fourth-order valence-corrected chi connectivity index (χ4v) is 2.75. The highest BCUT2D eigenvalue weighted by Gasteiger charge is 2.25. The van der Waals surface area contributed by atoms with E-state index in [1.54, 1.807) is 6.92 Å². The number of anilines is 2. The molecule has 0 aliphatic carbocycles. The van der Waals surface area contributed by atoms with Crippen molar-refractivity contribution in [2.45, 2.75) is 52.6 Å². The van der Waals surface area contributed by atoms with E-state index in [4.69, 9.17) is 5.73 Å². The summed E-state index contributed by atoms with van der Waals surface area (Å²) in [6.07, 6.45) is 1.89. The Hall–Kier alpha value is -1.72. The van der Waals surface area contributed by atoms with Gasteiger partial charge in [-0.3, -0.25) is 4.79 Å². The molecule has 0 saturated carbocycles. The third-order valence-electron chi connectivity index (χ3n) is 3.80. The highest BCUT2D eigenvalue weighted by molar-refractivity contribution is 5.73. The normalized spacial score (nSPS) is 16.8. The minimum Gasteiger partial charge on any atom is -0.394 e. The summed E-state index contributed by atoms with van der Waals surface area (Å²) in [5.41, 5.74) is 7.85. The molecule has 6 nitrogen and oxygen atoms in total. The molecule has 2 heterocycles. The highest BCUT2D eigenvalue weighted by Crippen LogP contribution is 2.31. The van der Waals surface area contributed by atoms with Crippen molar-refractivity contribution in [1.29, 1.82) is 0 Å². The van der Waals surface area contributed by atoms with E-state index in [9.17, 15) is 4.79 Å². The highest BCUT2D eigenvalue weighted by atomic mass is 16.1. The maximum absolute atomic E-state index is 11.1. The van der Waals surface area contributed by atoms with Crippen LogP contribution in [0.25, 0.3) is 0 Å². The fourth-order valence-electron chi connectivity index (χ4n) is 2.75. The van der Waals surface area contributed by atoms with E-state index in [-0.39, 0.29) is 18.0 Å². The number of nitrogens with two attached hydrogens (primary N) is 1. The molecule has 1 fully saturated rings. The molecule has 112 valence electrons. The van der Waals surface area contributed by atoms with Crippen molar-refractivity contribution in [3.8, 4) is 0 Å². The van der Waals surface area contributed by atoms with Gasteiger partial charge in [0, 0.05) is 32.1 Å². The van der Waals surface area contributed by atoms with Crippen LogP contribution in [0.5, 0.6) is 0 Å². The maximum Gasteiger partial charge on any atom is 0.217 e. The minimum absolute atomic E-state index is 0.0473. The van der Waals surface area contributed by atoms with Gasteiger partial charge in [0.25, 0.3) is 0 Å². The lowest BCUT2D eigenvalue weighted by atomic mass is 10.0. The van der Waals surface area contributed by atoms with Gasteiger partial charge in [-0.15, -0.1) is 0 Å². The second kappa shape index (κ2) is 5.73. The van der Waals surface area contributed by atoms with Gasteiger partial charge < -0.3 is 16.0 Å². The number of hydrogen-bond donors (Lipinski definition) is 2. The summed E-state index contributed by atoms with van der Waals surface area (Å²) in [6.45, 7) is 9.53. The number of carbonyl (C=O) groups excluding carboxylic acids is 1. The number of amides is 1. The van der Waals surface area contributed by atoms with Crippen molar-refractivity contribution >= 4 is 17.4 Å². The van der Waals surface area contributed by atoms with E-state index < -0.39 is 0 Å². The third kappa shape index (κ3) is 2.89. The molecule has 6 heteroatoms. The molecule has 1 aromatic rings. The Morgan fingerprint density at radius 2 is 2.00 bits per heavy atom. The average molecular weight is 279 g/mol. The van der Waals surface area contributed by atoms with Crippen LogP contribution in [0.1, 0.15) is 45.3 Å². The van der Waals surface area contributed by atoms with Gasteiger partial charge in [0.1, 0.15) is 0 Å². The number of nitrogens with zero attached hydrogens (tertiary/aromatic N) is 3. The topological polar surface area (TPSA) is 76.2 Å². The monoisotopic (exact) mass is 279 g/mol. The average Bonchev–Trinajstić information content (AvgIpc) is 2.67. The lowest BCUT2D eigenvalue weighted by Crippen LogP contribution is -2.44. The first-order valence-electron chi connectivity index (χ1n) is 7.26. The van der Waals surface area contributed by atoms with Gasteiger partial charge in [-0.05, 0) is 33.6 Å². The van der Waals surface area contributed by atoms with E-state index in [1.807, 2.05) is 11.6 Å². The molecule has 0 atom stereocenters. The number of aryl methyl sites for hydroxylation is 1. The predicted octanol–water partition coefficient (Wildman–Crippen LogP) is 1.46. The zero-order valence-corrected chi connectivity index (χ0v) is 12.8. The van der Waals surface area contributed by atoms with Gasteiger partial charge in [0.05, 0.1) is 11.4 Å². The number of piperidine rings is 1. The summed E-state index contributed by atoms with van der Waals surface area (Å²) in [5.74, 6) is 1.07. The van der Waals surface area contributed by atoms with Gasteiger partial charge in [0.2, 0.25) is 5.91 Å². The van der Waals surface area contributed by atoms with E-state index in [1.165, 1.54) is 0 Å². The van der Waals surface area contributed by atoms with Crippen LogP contribution in [0.3, 0.4) is 0 Å². The van der Waals surface area contributed by atoms with Crippen LogP contribution in [-0.2, 0) is 4.79 Å². The molecule has 0 aromatic carbocycles. The lowest BCUT2D eigenvalue weighted by Gasteiger charge is -2.34. The molecule has 0 spiro atoms. The molecule has 1 aliphatic heterocycles. The SMILES string of the molecule is CC(=O)NC1CCN(c2c(N)c(C)nn2C(C)C)CC1. The Morgan fingerprint density at radius 3 is 2.50 bits per heavy atom. The molecule has 0 radical (unpaired) electrons. The molecule has 0 unspecified atom stereocenters. The molecule has 20 heavy (non-hydrogen) atoms. The molecule has 1 aliphatic rings. The second-order valence-electron chi connectivity index (χ2n) is 5.82. The minimum atomic E-state index is 0.0473. The first-order valence-corrected chi connectivity index (χ1v) is 7.26. The summed E-state index contributed by atoms with van der Waals surface area (Å²) in [4.78, 5) is 13.4. The van der Waals surface area contributed by atoms with E-state index in [0.29, 0.717) is 0 Å². The smallest absolute Gasteiger partial charge is 0.217 e. The van der Waals surface area contributed by atoms with Crippen molar-refractivity contribution in [2.24, 2.45) is 0 Å². The number of hydrogen-bond acceptors (Lipinski definition) is 4. The summed E-state index contributed by atoms with van der Waals surface area (Å²) < 4.78 is 2.00. The molecule has 3 N–H and O–H groups in total. The molecular formula is C14H25N5O. The van der Waals surface area contributed by atoms with E-state index >= 15 is 0 Å². The van der Waals surface area contributed by atoms with Crippen LogP contribution < -0.4 is 16.0 Å². The Labute approximate surface area is 120 Å². The van der Waals surface area contributed by atoms with Gasteiger partial charge in [-0.1, -0.05) is 0 Å². The van der Waals surface area contributed by atoms with Crippen LogP contribution in [0.2, 0.25) is 0 Å². The van der Waals surface area contributed by atoms with Crippen LogP contribution in [0.4, 0.5) is 11.5 Å². The number of rotatable bonds is 3. The number of nitrogen functional groups attached to an aromatic ring is 1. The standard InChI is InChI=1S/C14H25N5O/c1-9(2)19-14(13(15)10(3)17-19)18-7-5-12(6-8-18)16-11(4)20/h9,12H,5-8,15H2,1-4H3,(H,16,20). The fraction of sp³-hybridized carbons (Fsp3) is 0.714. The van der Waals surface area contributed by atoms with E-state index in [2.05, 4.69) is 29.2 Å². The van der Waals surface area contributed by atoms with Crippen molar-refractivity contribution in [3.05, 3.63) is 5.69 Å². The number of nitrogens with one attached hydrogen (secondary N) is 1. The Kier molecular flexibility index (Phi) is 4.20. The summed E-state index contributed by atoms with van der Waals surface area (Å²) in [6, 6.07) is 0.565. The molecule has 1 amide bonds. The zero-order chi connectivity index (χ0) is 14.9. The Balaban J connectivity index is 2.12. The summed E-state index contributed by atoms with van der Waals surface area (Å²) >= 11 is 0. The quantitative estimate of drug-likeness (QED) is 0.878. The molecule has 1 aromatic heterocycles. The number of aromatic nitrogens is 2. The third-order valence-corrected chi connectivity index (χ3v) is 3.80. The largest absolute Gasteiger partial charge is 0.394 e. The van der Waals surface area contributed by atoms with Crippen molar-refractivity contribution < 1.29 is 4.79 Å². The van der Waals surface area contributed by atoms with Gasteiger partial charge in [-0.25, -0.2) is 4.68 Å². The van der Waals surface area contributed by atoms with Crippen LogP contribution >= 0.6 is 0 Å². The molecule has 0 bridgehead atoms. The number of carbonyl (C=O) groups is 1. The summed E-state index contributed by atoms with van der Waals surface area (Å²) in [7, 11) is 0. The van der Waals surface area contributed by atoms with Crippen LogP contribution in [0, 0.1) is 6.92 Å². The lowest BCUT2D eigenvalue weighted by molar-refractivity contribution is -0.119. The Bertz CT molecular complexity index is 486. The molecular weight excluding hydrogens is 254 g/mol. The van der Waals surface area contributed by atoms with Crippen LogP contribution in [0.15, 0.2) is 0 Å². The van der Waals surface area contributed by atoms with Crippen LogP contribution in [-0.4, -0.2) is 34.8 Å². The van der Waals surface area contributed by atoms with Crippen molar-refractivity contribution in [1.82, 2.24) is 15.1 Å². The van der Waals surface area contributed by atoms with Crippen molar-refractivity contribution in [3.63, 3.8) is 0 Å². The van der Waals surface area contributed by atoms with E-state index in [0.717, 1.165) is 43.1 Å². The summed E-state index contributed by atoms with van der Waals surface area (Å²) in [5, 5.41) is 7.52. The molecule has 2 rings (SSSR count). The van der Waals surface area contributed by atoms with Gasteiger partial charge >= 0.3 is 0 Å². The first kappa shape index (κ1) is 14.7. The first-order chi connectivity index (χ1) is 9.40. The van der Waals surface area contributed by atoms with Gasteiger partial charge in [-0.2, -0.15) is 5.10 Å².